The van der Waals surface area contributed by atoms with Gasteiger partial charge in [-0.3, -0.25) is 4.90 Å². The van der Waals surface area contributed by atoms with Crippen LogP contribution in [0.15, 0.2) is 22.7 Å². The maximum Gasteiger partial charge on any atom is 0.133 e. The van der Waals surface area contributed by atoms with Gasteiger partial charge in [0.05, 0.1) is 11.6 Å². The van der Waals surface area contributed by atoms with Gasteiger partial charge in [-0.25, -0.2) is 0 Å². The summed E-state index contributed by atoms with van der Waals surface area (Å²) in [6.45, 7) is 8.88. The Morgan fingerprint density at radius 2 is 2.21 bits per heavy atom. The average molecular weight is 327 g/mol. The number of halogens is 1. The Morgan fingerprint density at radius 1 is 1.42 bits per heavy atom. The molecule has 0 radical (unpaired) electrons. The summed E-state index contributed by atoms with van der Waals surface area (Å²) in [7, 11) is 1.70. The van der Waals surface area contributed by atoms with Crippen molar-refractivity contribution in [3.63, 3.8) is 0 Å². The molecule has 0 aromatic heterocycles. The third-order valence-electron chi connectivity index (χ3n) is 3.50. The minimum atomic E-state index is 0.195. The Kier molecular flexibility index (Phi) is 4.87. The van der Waals surface area contributed by atoms with E-state index in [-0.39, 0.29) is 5.54 Å². The summed E-state index contributed by atoms with van der Waals surface area (Å²) >= 11 is 3.55. The first-order valence-electron chi connectivity index (χ1n) is 6.80. The Morgan fingerprint density at radius 3 is 2.89 bits per heavy atom. The number of rotatable bonds is 3. The van der Waals surface area contributed by atoms with Crippen LogP contribution >= 0.6 is 15.9 Å². The van der Waals surface area contributed by atoms with Crippen LogP contribution < -0.4 is 10.1 Å². The van der Waals surface area contributed by atoms with Crippen molar-refractivity contribution in [1.29, 1.82) is 0 Å². The quantitative estimate of drug-likeness (QED) is 0.924. The zero-order valence-electron chi connectivity index (χ0n) is 12.0. The summed E-state index contributed by atoms with van der Waals surface area (Å²) in [6, 6.07) is 6.33. The number of hydrogen-bond donors (Lipinski definition) is 1. The summed E-state index contributed by atoms with van der Waals surface area (Å²) in [5, 5.41) is 3.60. The Hall–Kier alpha value is -0.580. The van der Waals surface area contributed by atoms with Gasteiger partial charge < -0.3 is 10.1 Å². The Bertz CT molecular complexity index is 434. The van der Waals surface area contributed by atoms with Crippen LogP contribution in [0.2, 0.25) is 0 Å². The molecular formula is C15H23BrN2O. The first-order chi connectivity index (χ1) is 9.00. The molecule has 0 bridgehead atoms. The molecule has 0 saturated carbocycles. The van der Waals surface area contributed by atoms with Crippen molar-refractivity contribution >= 4 is 15.9 Å². The van der Waals surface area contributed by atoms with E-state index < -0.39 is 0 Å². The van der Waals surface area contributed by atoms with E-state index in [1.54, 1.807) is 7.11 Å². The lowest BCUT2D eigenvalue weighted by molar-refractivity contribution is 0.224. The van der Waals surface area contributed by atoms with Crippen molar-refractivity contribution in [3.8, 4) is 5.75 Å². The number of benzene rings is 1. The van der Waals surface area contributed by atoms with Crippen molar-refractivity contribution < 1.29 is 4.74 Å². The predicted molar refractivity (Wildman–Crippen MR) is 82.7 cm³/mol. The number of methoxy groups -OCH3 is 1. The fourth-order valence-corrected chi connectivity index (χ4v) is 3.21. The van der Waals surface area contributed by atoms with Crippen molar-refractivity contribution in [1.82, 2.24) is 10.2 Å². The monoisotopic (exact) mass is 326 g/mol. The van der Waals surface area contributed by atoms with Crippen molar-refractivity contribution in [2.24, 2.45) is 0 Å². The van der Waals surface area contributed by atoms with Gasteiger partial charge in [0.2, 0.25) is 0 Å². The Labute approximate surface area is 124 Å². The molecule has 3 nitrogen and oxygen atoms in total. The van der Waals surface area contributed by atoms with Crippen LogP contribution in [0.25, 0.3) is 0 Å². The number of nitrogens with zero attached hydrogens (tertiary/aromatic N) is 1. The normalized spacial score (nSPS) is 20.0. The Balaban J connectivity index is 2.05. The number of nitrogens with one attached hydrogen (secondary N) is 1. The standard InChI is InChI=1S/C15H23BrN2O/c1-15(2)11-18(8-4-7-17-15)10-12-5-6-14(19-3)13(16)9-12/h5-6,9,17H,4,7-8,10-11H2,1-3H3. The zero-order valence-corrected chi connectivity index (χ0v) is 13.6. The molecule has 0 spiro atoms. The summed E-state index contributed by atoms with van der Waals surface area (Å²) in [5.74, 6) is 0.890. The second-order valence-electron chi connectivity index (χ2n) is 5.84. The zero-order chi connectivity index (χ0) is 13.9. The molecule has 1 heterocycles. The predicted octanol–water partition coefficient (Wildman–Crippen LogP) is 3.03. The van der Waals surface area contributed by atoms with Crippen molar-refractivity contribution in [2.75, 3.05) is 26.7 Å². The lowest BCUT2D eigenvalue weighted by Crippen LogP contribution is -2.46. The van der Waals surface area contributed by atoms with Gasteiger partial charge in [0.25, 0.3) is 0 Å². The van der Waals surface area contributed by atoms with Crippen LogP contribution in [-0.2, 0) is 6.54 Å². The minimum absolute atomic E-state index is 0.195. The lowest BCUT2D eigenvalue weighted by Gasteiger charge is -2.30. The highest BCUT2D eigenvalue weighted by Gasteiger charge is 2.23. The van der Waals surface area contributed by atoms with Gasteiger partial charge in [0.15, 0.2) is 0 Å². The molecule has 1 N–H and O–H groups in total. The van der Waals surface area contributed by atoms with Crippen LogP contribution in [0.1, 0.15) is 25.8 Å². The van der Waals surface area contributed by atoms with Crippen LogP contribution in [0.5, 0.6) is 5.75 Å². The molecule has 1 aromatic rings. The molecule has 4 heteroatoms. The van der Waals surface area contributed by atoms with Gasteiger partial charge in [-0.05, 0) is 67.0 Å². The van der Waals surface area contributed by atoms with Gasteiger partial charge in [-0.1, -0.05) is 6.07 Å². The molecule has 0 aliphatic carbocycles. The van der Waals surface area contributed by atoms with Crippen molar-refractivity contribution in [2.45, 2.75) is 32.4 Å². The maximum atomic E-state index is 5.27. The van der Waals surface area contributed by atoms with E-state index in [1.165, 1.54) is 12.0 Å². The summed E-state index contributed by atoms with van der Waals surface area (Å²) in [4.78, 5) is 2.52. The molecule has 1 saturated heterocycles. The highest BCUT2D eigenvalue weighted by Crippen LogP contribution is 2.26. The van der Waals surface area contributed by atoms with Crippen LogP contribution in [-0.4, -0.2) is 37.2 Å². The fraction of sp³-hybridized carbons (Fsp3) is 0.600. The molecule has 2 rings (SSSR count). The second-order valence-corrected chi connectivity index (χ2v) is 6.70. The highest BCUT2D eigenvalue weighted by atomic mass is 79.9. The van der Waals surface area contributed by atoms with Crippen LogP contribution in [0, 0.1) is 0 Å². The summed E-state index contributed by atoms with van der Waals surface area (Å²) in [5.41, 5.74) is 1.52. The van der Waals surface area contributed by atoms with E-state index in [4.69, 9.17) is 4.74 Å². The molecule has 1 aliphatic heterocycles. The molecule has 1 aliphatic rings. The molecule has 19 heavy (non-hydrogen) atoms. The number of hydrogen-bond acceptors (Lipinski definition) is 3. The summed E-state index contributed by atoms with van der Waals surface area (Å²) in [6.07, 6.45) is 1.21. The van der Waals surface area contributed by atoms with E-state index in [9.17, 15) is 0 Å². The third-order valence-corrected chi connectivity index (χ3v) is 4.12. The van der Waals surface area contributed by atoms with E-state index in [2.05, 4.69) is 52.1 Å². The summed E-state index contributed by atoms with van der Waals surface area (Å²) < 4.78 is 6.30. The van der Waals surface area contributed by atoms with Gasteiger partial charge in [0.1, 0.15) is 5.75 Å². The van der Waals surface area contributed by atoms with Gasteiger partial charge in [0, 0.05) is 18.6 Å². The van der Waals surface area contributed by atoms with E-state index in [0.29, 0.717) is 0 Å². The molecular weight excluding hydrogens is 304 g/mol. The van der Waals surface area contributed by atoms with Gasteiger partial charge in [-0.2, -0.15) is 0 Å². The lowest BCUT2D eigenvalue weighted by atomic mass is 10.1. The minimum Gasteiger partial charge on any atom is -0.496 e. The third kappa shape index (κ3) is 4.20. The first-order valence-corrected chi connectivity index (χ1v) is 7.59. The van der Waals surface area contributed by atoms with Gasteiger partial charge >= 0.3 is 0 Å². The molecule has 0 amide bonds. The maximum absolute atomic E-state index is 5.27. The number of ether oxygens (including phenoxy) is 1. The fourth-order valence-electron chi connectivity index (χ4n) is 2.62. The first kappa shape index (κ1) is 14.8. The average Bonchev–Trinajstić information content (AvgIpc) is 2.50. The van der Waals surface area contributed by atoms with Crippen LogP contribution in [0.3, 0.4) is 0 Å². The van der Waals surface area contributed by atoms with Gasteiger partial charge in [-0.15, -0.1) is 0 Å². The second kappa shape index (κ2) is 6.25. The van der Waals surface area contributed by atoms with E-state index in [0.717, 1.165) is 36.4 Å². The molecule has 1 fully saturated rings. The molecule has 106 valence electrons. The SMILES string of the molecule is COc1ccc(CN2CCCNC(C)(C)C2)cc1Br. The topological polar surface area (TPSA) is 24.5 Å². The van der Waals surface area contributed by atoms with Crippen molar-refractivity contribution in [3.05, 3.63) is 28.2 Å². The highest BCUT2D eigenvalue weighted by molar-refractivity contribution is 9.10. The van der Waals surface area contributed by atoms with Crippen LogP contribution in [0.4, 0.5) is 0 Å². The molecule has 1 aromatic carbocycles. The molecule has 0 unspecified atom stereocenters. The molecule has 0 atom stereocenters. The van der Waals surface area contributed by atoms with E-state index >= 15 is 0 Å². The largest absolute Gasteiger partial charge is 0.496 e. The smallest absolute Gasteiger partial charge is 0.133 e. The van der Waals surface area contributed by atoms with E-state index in [1.807, 2.05) is 6.07 Å².